The fourth-order valence-corrected chi connectivity index (χ4v) is 2.53. The van der Waals surface area contributed by atoms with Gasteiger partial charge < -0.3 is 10.0 Å². The number of aliphatic hydroxyl groups excluding tert-OH is 1. The van der Waals surface area contributed by atoms with Gasteiger partial charge in [-0.3, -0.25) is 4.79 Å². The average molecular weight is 281 g/mol. The first-order chi connectivity index (χ1) is 8.90. The van der Waals surface area contributed by atoms with Crippen LogP contribution in [0.25, 0.3) is 0 Å². The maximum atomic E-state index is 12.2. The molecule has 0 bridgehead atoms. The van der Waals surface area contributed by atoms with Gasteiger partial charge in [-0.1, -0.05) is 17.7 Å². The largest absolute Gasteiger partial charge is 0.392 e. The second-order valence-electron chi connectivity index (χ2n) is 5.09. The monoisotopic (exact) mass is 281 g/mol. The summed E-state index contributed by atoms with van der Waals surface area (Å²) in [5.74, 6) is 0.481. The van der Waals surface area contributed by atoms with E-state index in [0.29, 0.717) is 12.3 Å². The lowest BCUT2D eigenvalue weighted by atomic mass is 10.2. The zero-order valence-electron chi connectivity index (χ0n) is 12.1. The summed E-state index contributed by atoms with van der Waals surface area (Å²) in [5, 5.41) is 9.44. The molecule has 0 spiro atoms. The van der Waals surface area contributed by atoms with E-state index in [9.17, 15) is 9.90 Å². The molecular weight excluding hydrogens is 258 g/mol. The summed E-state index contributed by atoms with van der Waals surface area (Å²) >= 11 is 1.54. The number of aliphatic hydroxyl groups is 1. The van der Waals surface area contributed by atoms with Gasteiger partial charge in [-0.05, 0) is 39.8 Å². The number of carbonyl (C=O) groups excluding carboxylic acids is 1. The van der Waals surface area contributed by atoms with E-state index < -0.39 is 6.10 Å². The number of hydrogen-bond acceptors (Lipinski definition) is 3. The van der Waals surface area contributed by atoms with Crippen LogP contribution < -0.4 is 0 Å². The molecule has 0 radical (unpaired) electrons. The van der Waals surface area contributed by atoms with E-state index in [0.717, 1.165) is 4.90 Å². The third-order valence-electron chi connectivity index (χ3n) is 2.79. The van der Waals surface area contributed by atoms with Crippen molar-refractivity contribution in [2.24, 2.45) is 0 Å². The van der Waals surface area contributed by atoms with Crippen molar-refractivity contribution < 1.29 is 9.90 Å². The number of thioether (sulfide) groups is 1. The van der Waals surface area contributed by atoms with Crippen LogP contribution in [-0.4, -0.2) is 40.4 Å². The third-order valence-corrected chi connectivity index (χ3v) is 3.78. The van der Waals surface area contributed by atoms with E-state index in [1.807, 2.05) is 45.0 Å². The minimum Gasteiger partial charge on any atom is -0.392 e. The highest BCUT2D eigenvalue weighted by Gasteiger charge is 2.18. The molecule has 0 aliphatic heterocycles. The summed E-state index contributed by atoms with van der Waals surface area (Å²) < 4.78 is 0. The van der Waals surface area contributed by atoms with E-state index in [1.54, 1.807) is 11.8 Å². The molecule has 1 unspecified atom stereocenters. The quantitative estimate of drug-likeness (QED) is 0.815. The van der Waals surface area contributed by atoms with Gasteiger partial charge >= 0.3 is 0 Å². The second-order valence-corrected chi connectivity index (χ2v) is 6.14. The lowest BCUT2D eigenvalue weighted by Crippen LogP contribution is -2.42. The molecule has 1 amide bonds. The topological polar surface area (TPSA) is 40.5 Å². The fourth-order valence-electron chi connectivity index (χ4n) is 1.75. The molecule has 19 heavy (non-hydrogen) atoms. The van der Waals surface area contributed by atoms with Crippen LogP contribution in [0.4, 0.5) is 0 Å². The Bertz CT molecular complexity index is 401. The Morgan fingerprint density at radius 2 is 1.84 bits per heavy atom. The Kier molecular flexibility index (Phi) is 6.38. The van der Waals surface area contributed by atoms with Crippen molar-refractivity contribution >= 4 is 17.7 Å². The number of hydrogen-bond donors (Lipinski definition) is 1. The Hall–Kier alpha value is -1.00. The Morgan fingerprint density at radius 1 is 1.26 bits per heavy atom. The minimum absolute atomic E-state index is 0.0708. The molecule has 1 atom stereocenters. The van der Waals surface area contributed by atoms with Crippen LogP contribution in [-0.2, 0) is 4.79 Å². The van der Waals surface area contributed by atoms with Crippen LogP contribution in [0.15, 0.2) is 29.2 Å². The standard InChI is InChI=1S/C15H23NO2S/c1-11(2)16(9-13(4)17)15(18)10-19-14-7-5-12(3)6-8-14/h5-8,11,13,17H,9-10H2,1-4H3. The highest BCUT2D eigenvalue weighted by molar-refractivity contribution is 8.00. The van der Waals surface area contributed by atoms with Gasteiger partial charge in [0.1, 0.15) is 0 Å². The van der Waals surface area contributed by atoms with Crippen molar-refractivity contribution in [1.29, 1.82) is 0 Å². The average Bonchev–Trinajstić information content (AvgIpc) is 2.34. The van der Waals surface area contributed by atoms with Crippen LogP contribution >= 0.6 is 11.8 Å². The van der Waals surface area contributed by atoms with E-state index in [2.05, 4.69) is 0 Å². The van der Waals surface area contributed by atoms with Crippen molar-refractivity contribution in [3.63, 3.8) is 0 Å². The van der Waals surface area contributed by atoms with Crippen LogP contribution in [0.1, 0.15) is 26.3 Å². The predicted molar refractivity (Wildman–Crippen MR) is 80.4 cm³/mol. The SMILES string of the molecule is Cc1ccc(SCC(=O)N(CC(C)O)C(C)C)cc1. The third kappa shape index (κ3) is 5.66. The summed E-state index contributed by atoms with van der Waals surface area (Å²) in [6.07, 6.45) is -0.490. The first kappa shape index (κ1) is 16.1. The van der Waals surface area contributed by atoms with Gasteiger partial charge in [0.05, 0.1) is 11.9 Å². The summed E-state index contributed by atoms with van der Waals surface area (Å²) in [6, 6.07) is 8.26. The number of rotatable bonds is 6. The molecule has 4 heteroatoms. The van der Waals surface area contributed by atoms with Crippen LogP contribution in [0.2, 0.25) is 0 Å². The lowest BCUT2D eigenvalue weighted by Gasteiger charge is -2.27. The van der Waals surface area contributed by atoms with E-state index in [1.165, 1.54) is 17.3 Å². The molecule has 1 N–H and O–H groups in total. The molecule has 0 heterocycles. The van der Waals surface area contributed by atoms with Gasteiger partial charge in [-0.25, -0.2) is 0 Å². The number of aryl methyl sites for hydroxylation is 1. The molecule has 1 rings (SSSR count). The molecule has 0 saturated heterocycles. The number of amides is 1. The highest BCUT2D eigenvalue weighted by atomic mass is 32.2. The van der Waals surface area contributed by atoms with Gasteiger partial charge in [0.2, 0.25) is 5.91 Å². The molecular formula is C15H23NO2S. The highest BCUT2D eigenvalue weighted by Crippen LogP contribution is 2.19. The molecule has 1 aromatic carbocycles. The minimum atomic E-state index is -0.490. The van der Waals surface area contributed by atoms with Gasteiger partial charge in [-0.2, -0.15) is 0 Å². The zero-order chi connectivity index (χ0) is 14.4. The van der Waals surface area contributed by atoms with Gasteiger partial charge in [0, 0.05) is 17.5 Å². The maximum absolute atomic E-state index is 12.2. The Morgan fingerprint density at radius 3 is 2.32 bits per heavy atom. The van der Waals surface area contributed by atoms with Gasteiger partial charge in [0.25, 0.3) is 0 Å². The zero-order valence-corrected chi connectivity index (χ0v) is 12.9. The van der Waals surface area contributed by atoms with Gasteiger partial charge in [-0.15, -0.1) is 11.8 Å². The lowest BCUT2D eigenvalue weighted by molar-refractivity contribution is -0.131. The van der Waals surface area contributed by atoms with E-state index in [-0.39, 0.29) is 11.9 Å². The maximum Gasteiger partial charge on any atom is 0.233 e. The molecule has 0 fully saturated rings. The summed E-state index contributed by atoms with van der Waals surface area (Å²) in [4.78, 5) is 15.0. The normalized spacial score (nSPS) is 12.5. The summed E-state index contributed by atoms with van der Waals surface area (Å²) in [5.41, 5.74) is 1.22. The second kappa shape index (κ2) is 7.56. The number of nitrogens with zero attached hydrogens (tertiary/aromatic N) is 1. The van der Waals surface area contributed by atoms with Crippen molar-refractivity contribution in [1.82, 2.24) is 4.90 Å². The predicted octanol–water partition coefficient (Wildman–Crippen LogP) is 2.70. The van der Waals surface area contributed by atoms with Crippen LogP contribution in [0.5, 0.6) is 0 Å². The summed E-state index contributed by atoms with van der Waals surface area (Å²) in [6.45, 7) is 8.08. The molecule has 0 aliphatic rings. The van der Waals surface area contributed by atoms with Crippen molar-refractivity contribution in [3.8, 4) is 0 Å². The molecule has 0 aliphatic carbocycles. The van der Waals surface area contributed by atoms with Crippen LogP contribution in [0, 0.1) is 6.92 Å². The smallest absolute Gasteiger partial charge is 0.233 e. The van der Waals surface area contributed by atoms with Crippen molar-refractivity contribution in [2.75, 3.05) is 12.3 Å². The summed E-state index contributed by atoms with van der Waals surface area (Å²) in [7, 11) is 0. The number of carbonyl (C=O) groups is 1. The molecule has 0 aromatic heterocycles. The molecule has 1 aromatic rings. The Balaban J connectivity index is 2.54. The first-order valence-corrected chi connectivity index (χ1v) is 7.55. The van der Waals surface area contributed by atoms with Crippen LogP contribution in [0.3, 0.4) is 0 Å². The fraction of sp³-hybridized carbons (Fsp3) is 0.533. The number of benzene rings is 1. The van der Waals surface area contributed by atoms with Crippen molar-refractivity contribution in [2.45, 2.75) is 44.7 Å². The molecule has 3 nitrogen and oxygen atoms in total. The Labute approximate surface area is 120 Å². The van der Waals surface area contributed by atoms with E-state index in [4.69, 9.17) is 0 Å². The van der Waals surface area contributed by atoms with E-state index >= 15 is 0 Å². The first-order valence-electron chi connectivity index (χ1n) is 6.57. The molecule has 0 saturated carbocycles. The van der Waals surface area contributed by atoms with Crippen molar-refractivity contribution in [3.05, 3.63) is 29.8 Å². The van der Waals surface area contributed by atoms with Gasteiger partial charge in [0.15, 0.2) is 0 Å². The molecule has 106 valence electrons.